The summed E-state index contributed by atoms with van der Waals surface area (Å²) < 4.78 is 71.0. The zero-order chi connectivity index (χ0) is 21.6. The Labute approximate surface area is 175 Å². The van der Waals surface area contributed by atoms with Gasteiger partial charge in [0.2, 0.25) is 10.0 Å². The monoisotopic (exact) mass is 488 g/mol. The Bertz CT molecular complexity index is 1150. The van der Waals surface area contributed by atoms with Crippen LogP contribution in [0.25, 0.3) is 10.9 Å². The smallest absolute Gasteiger partial charge is 0.345 e. The average molecular weight is 489 g/mol. The van der Waals surface area contributed by atoms with Crippen LogP contribution in [0.3, 0.4) is 0 Å². The lowest BCUT2D eigenvalue weighted by Crippen LogP contribution is -2.48. The molecule has 0 aliphatic carbocycles. The van der Waals surface area contributed by atoms with Gasteiger partial charge in [-0.25, -0.2) is 8.42 Å². The molecule has 0 aliphatic heterocycles. The van der Waals surface area contributed by atoms with E-state index < -0.39 is 28.8 Å². The predicted octanol–water partition coefficient (Wildman–Crippen LogP) is 5.24. The van der Waals surface area contributed by atoms with Crippen LogP contribution >= 0.6 is 15.9 Å². The fourth-order valence-electron chi connectivity index (χ4n) is 3.61. The third-order valence-corrected chi connectivity index (χ3v) is 7.10. The number of benzene rings is 2. The van der Waals surface area contributed by atoms with Crippen molar-refractivity contribution in [1.29, 1.82) is 0 Å². The molecule has 3 aromatic rings. The summed E-state index contributed by atoms with van der Waals surface area (Å²) >= 11 is 3.35. The van der Waals surface area contributed by atoms with Crippen LogP contribution in [0.1, 0.15) is 16.7 Å². The van der Waals surface area contributed by atoms with Gasteiger partial charge in [-0.1, -0.05) is 29.8 Å². The summed E-state index contributed by atoms with van der Waals surface area (Å²) in [4.78, 5) is -0.115. The first kappa shape index (κ1) is 21.9. The van der Waals surface area contributed by atoms with Crippen LogP contribution in [-0.2, 0) is 16.6 Å². The number of rotatable bonds is 5. The molecule has 29 heavy (non-hydrogen) atoms. The Morgan fingerprint density at radius 3 is 2.31 bits per heavy atom. The fraction of sp³-hybridized carbons (Fsp3) is 0.300. The van der Waals surface area contributed by atoms with Crippen LogP contribution in [0.15, 0.2) is 52.0 Å². The van der Waals surface area contributed by atoms with Gasteiger partial charge in [0.15, 0.2) is 0 Å². The van der Waals surface area contributed by atoms with Crippen LogP contribution in [0, 0.1) is 20.8 Å². The quantitative estimate of drug-likeness (QED) is 0.533. The number of aromatic nitrogens is 1. The topological polar surface area (TPSA) is 51.1 Å². The highest BCUT2D eigenvalue weighted by atomic mass is 79.9. The van der Waals surface area contributed by atoms with Gasteiger partial charge in [-0.3, -0.25) is 0 Å². The molecule has 0 radical (unpaired) electrons. The van der Waals surface area contributed by atoms with Gasteiger partial charge in [0.25, 0.3) is 0 Å². The van der Waals surface area contributed by atoms with Gasteiger partial charge in [0.05, 0.1) is 10.4 Å². The van der Waals surface area contributed by atoms with Crippen LogP contribution in [0.5, 0.6) is 0 Å². The molecule has 0 fully saturated rings. The van der Waals surface area contributed by atoms with E-state index >= 15 is 0 Å². The molecule has 1 unspecified atom stereocenters. The van der Waals surface area contributed by atoms with E-state index in [-0.39, 0.29) is 4.90 Å². The number of nitrogens with one attached hydrogen (secondary N) is 1. The zero-order valence-electron chi connectivity index (χ0n) is 16.0. The number of halogens is 4. The maximum Gasteiger partial charge on any atom is 0.406 e. The Kier molecular flexibility index (Phi) is 5.86. The maximum absolute atomic E-state index is 13.8. The SMILES string of the molecule is Cc1cc(C)c(S(=O)(=O)NC(Cn2ccc3cccc(Br)c32)C(F)(F)F)c(C)c1. The number of para-hydroxylation sites is 1. The molecule has 1 aromatic heterocycles. The van der Waals surface area contributed by atoms with E-state index in [0.29, 0.717) is 21.1 Å². The van der Waals surface area contributed by atoms with E-state index in [1.807, 2.05) is 4.72 Å². The van der Waals surface area contributed by atoms with Crippen LogP contribution in [-0.4, -0.2) is 25.2 Å². The first-order chi connectivity index (χ1) is 13.4. The summed E-state index contributed by atoms with van der Waals surface area (Å²) in [5, 5.41) is 0.758. The summed E-state index contributed by atoms with van der Waals surface area (Å²) in [6, 6.07) is 7.98. The van der Waals surface area contributed by atoms with Crippen molar-refractivity contribution >= 4 is 36.9 Å². The van der Waals surface area contributed by atoms with Gasteiger partial charge < -0.3 is 4.57 Å². The summed E-state index contributed by atoms with van der Waals surface area (Å²) in [7, 11) is -4.38. The maximum atomic E-state index is 13.8. The summed E-state index contributed by atoms with van der Waals surface area (Å²) in [6.07, 6.45) is -3.25. The molecule has 1 atom stereocenters. The Morgan fingerprint density at radius 2 is 1.72 bits per heavy atom. The lowest BCUT2D eigenvalue weighted by molar-refractivity contribution is -0.154. The van der Waals surface area contributed by atoms with Crippen molar-refractivity contribution in [3.63, 3.8) is 0 Å². The summed E-state index contributed by atoms with van der Waals surface area (Å²) in [6.45, 7) is 4.37. The van der Waals surface area contributed by atoms with Crippen LogP contribution < -0.4 is 4.72 Å². The number of fused-ring (bicyclic) bond motifs is 1. The minimum Gasteiger partial charge on any atom is -0.345 e. The molecular weight excluding hydrogens is 469 g/mol. The van der Waals surface area contributed by atoms with Crippen LogP contribution in [0.2, 0.25) is 0 Å². The van der Waals surface area contributed by atoms with Gasteiger partial charge in [0.1, 0.15) is 6.04 Å². The molecule has 2 aromatic carbocycles. The van der Waals surface area contributed by atoms with Crippen molar-refractivity contribution in [2.75, 3.05) is 0 Å². The standard InChI is InChI=1S/C20H20BrF3N2O2S/c1-12-9-13(2)19(14(3)10-12)29(27,28)25-17(20(22,23)24)11-26-8-7-15-5-4-6-16(21)18(15)26/h4-10,17,25H,11H2,1-3H3. The third-order valence-electron chi connectivity index (χ3n) is 4.68. The fourth-order valence-corrected chi connectivity index (χ4v) is 5.88. The molecular formula is C20H20BrF3N2O2S. The number of nitrogens with zero attached hydrogens (tertiary/aromatic N) is 1. The van der Waals surface area contributed by atoms with E-state index in [9.17, 15) is 21.6 Å². The molecule has 4 nitrogen and oxygen atoms in total. The predicted molar refractivity (Wildman–Crippen MR) is 110 cm³/mol. The molecule has 156 valence electrons. The summed E-state index contributed by atoms with van der Waals surface area (Å²) in [5.41, 5.74) is 2.23. The average Bonchev–Trinajstić information content (AvgIpc) is 2.96. The van der Waals surface area contributed by atoms with E-state index in [4.69, 9.17) is 0 Å². The van der Waals surface area contributed by atoms with Gasteiger partial charge in [0, 0.05) is 22.6 Å². The number of alkyl halides is 3. The Balaban J connectivity index is 2.00. The number of aryl methyl sites for hydroxylation is 3. The van der Waals surface area contributed by atoms with E-state index in [0.717, 1.165) is 10.9 Å². The summed E-state index contributed by atoms with van der Waals surface area (Å²) in [5.74, 6) is 0. The van der Waals surface area contributed by atoms with Crippen LogP contribution in [0.4, 0.5) is 13.2 Å². The van der Waals surface area contributed by atoms with Crippen molar-refractivity contribution in [3.8, 4) is 0 Å². The lowest BCUT2D eigenvalue weighted by Gasteiger charge is -2.24. The second kappa shape index (κ2) is 7.77. The molecule has 0 amide bonds. The zero-order valence-corrected chi connectivity index (χ0v) is 18.4. The van der Waals surface area contributed by atoms with Crippen molar-refractivity contribution in [2.45, 2.75) is 44.4 Å². The van der Waals surface area contributed by atoms with Crippen molar-refractivity contribution in [2.24, 2.45) is 0 Å². The Hall–Kier alpha value is -1.84. The molecule has 0 saturated carbocycles. The van der Waals surface area contributed by atoms with Crippen molar-refractivity contribution < 1.29 is 21.6 Å². The first-order valence-corrected chi connectivity index (χ1v) is 11.1. The molecule has 1 heterocycles. The molecule has 3 rings (SSSR count). The molecule has 0 aliphatic rings. The van der Waals surface area contributed by atoms with Gasteiger partial charge in [-0.15, -0.1) is 0 Å². The second-order valence-corrected chi connectivity index (χ2v) is 9.59. The first-order valence-electron chi connectivity index (χ1n) is 8.80. The molecule has 0 bridgehead atoms. The third kappa shape index (κ3) is 4.51. The van der Waals surface area contributed by atoms with E-state index in [1.165, 1.54) is 10.8 Å². The number of hydrogen-bond donors (Lipinski definition) is 1. The van der Waals surface area contributed by atoms with E-state index in [1.54, 1.807) is 57.2 Å². The highest BCUT2D eigenvalue weighted by molar-refractivity contribution is 9.10. The largest absolute Gasteiger partial charge is 0.406 e. The molecule has 9 heteroatoms. The molecule has 0 saturated heterocycles. The molecule has 0 spiro atoms. The highest BCUT2D eigenvalue weighted by Crippen LogP contribution is 2.29. The van der Waals surface area contributed by atoms with Crippen molar-refractivity contribution in [1.82, 2.24) is 9.29 Å². The number of hydrogen-bond acceptors (Lipinski definition) is 2. The second-order valence-electron chi connectivity index (χ2n) is 7.09. The minimum atomic E-state index is -4.77. The Morgan fingerprint density at radius 1 is 1.10 bits per heavy atom. The van der Waals surface area contributed by atoms with Gasteiger partial charge in [-0.05, 0) is 60.0 Å². The lowest BCUT2D eigenvalue weighted by atomic mass is 10.1. The number of sulfonamides is 1. The van der Waals surface area contributed by atoms with E-state index in [2.05, 4.69) is 15.9 Å². The van der Waals surface area contributed by atoms with Gasteiger partial charge in [-0.2, -0.15) is 17.9 Å². The van der Waals surface area contributed by atoms with Crippen molar-refractivity contribution in [3.05, 3.63) is 63.8 Å². The highest BCUT2D eigenvalue weighted by Gasteiger charge is 2.43. The minimum absolute atomic E-state index is 0.115. The molecule has 1 N–H and O–H groups in total. The normalized spacial score (nSPS) is 13.8. The van der Waals surface area contributed by atoms with Gasteiger partial charge >= 0.3 is 6.18 Å².